The smallest absolute Gasteiger partial charge is 0.165 e. The van der Waals surface area contributed by atoms with Crippen molar-refractivity contribution in [1.29, 1.82) is 5.26 Å². The summed E-state index contributed by atoms with van der Waals surface area (Å²) in [5.41, 5.74) is 1.83. The molecule has 5 rings (SSSR count). The van der Waals surface area contributed by atoms with Gasteiger partial charge in [0.1, 0.15) is 6.10 Å². The summed E-state index contributed by atoms with van der Waals surface area (Å²) in [7, 11) is 0. The molecule has 0 bridgehead atoms. The van der Waals surface area contributed by atoms with E-state index in [0.29, 0.717) is 47.4 Å². The second kappa shape index (κ2) is 7.47. The number of allylic oxidation sites excluding steroid dienone is 2. The molecule has 0 aromatic heterocycles. The Morgan fingerprint density at radius 1 is 1.20 bits per heavy atom. The molecule has 3 heteroatoms. The zero-order chi connectivity index (χ0) is 21.1. The van der Waals surface area contributed by atoms with E-state index in [9.17, 15) is 10.1 Å². The van der Waals surface area contributed by atoms with Gasteiger partial charge in [0, 0.05) is 12.3 Å². The number of fused-ring (bicyclic) bond motifs is 5. The molecule has 5 aliphatic carbocycles. The van der Waals surface area contributed by atoms with E-state index in [4.69, 9.17) is 4.74 Å². The first kappa shape index (κ1) is 20.7. The Bertz CT molecular complexity index is 774. The molecule has 8 atom stereocenters. The molecule has 0 saturated heterocycles. The maximum Gasteiger partial charge on any atom is 0.165 e. The zero-order valence-electron chi connectivity index (χ0n) is 19.2. The van der Waals surface area contributed by atoms with E-state index in [1.165, 1.54) is 31.3 Å². The normalized spacial score (nSPS) is 48.5. The summed E-state index contributed by atoms with van der Waals surface area (Å²) in [4.78, 5) is 12.9. The van der Waals surface area contributed by atoms with Crippen molar-refractivity contribution in [2.75, 3.05) is 0 Å². The van der Waals surface area contributed by atoms with Gasteiger partial charge in [-0.2, -0.15) is 5.26 Å². The van der Waals surface area contributed by atoms with Gasteiger partial charge in [0.25, 0.3) is 0 Å². The Balaban J connectivity index is 1.42. The van der Waals surface area contributed by atoms with E-state index in [0.717, 1.165) is 38.5 Å². The van der Waals surface area contributed by atoms with E-state index >= 15 is 0 Å². The molecular weight excluding hydrogens is 370 g/mol. The minimum absolute atomic E-state index is 0.105. The van der Waals surface area contributed by atoms with Crippen LogP contribution < -0.4 is 0 Å². The molecule has 0 aromatic carbocycles. The maximum absolute atomic E-state index is 12.9. The molecule has 0 spiro atoms. The van der Waals surface area contributed by atoms with Gasteiger partial charge in [-0.25, -0.2) is 0 Å². The van der Waals surface area contributed by atoms with Crippen molar-refractivity contribution in [2.45, 2.75) is 104 Å². The molecule has 0 aliphatic heterocycles. The highest BCUT2D eigenvalue weighted by Crippen LogP contribution is 2.67. The average molecular weight is 410 g/mol. The lowest BCUT2D eigenvalue weighted by atomic mass is 9.47. The quantitative estimate of drug-likeness (QED) is 0.519. The van der Waals surface area contributed by atoms with Crippen molar-refractivity contribution in [3.63, 3.8) is 0 Å². The number of ether oxygens (including phenoxy) is 1. The maximum atomic E-state index is 12.9. The average Bonchev–Trinajstić information content (AvgIpc) is 3.33. The molecule has 0 N–H and O–H groups in total. The van der Waals surface area contributed by atoms with Gasteiger partial charge in [0.05, 0.1) is 12.2 Å². The van der Waals surface area contributed by atoms with Gasteiger partial charge in [0.2, 0.25) is 0 Å². The molecular formula is C27H39NO2. The van der Waals surface area contributed by atoms with Gasteiger partial charge >= 0.3 is 0 Å². The van der Waals surface area contributed by atoms with Crippen LogP contribution in [-0.2, 0) is 9.53 Å². The van der Waals surface area contributed by atoms with Crippen molar-refractivity contribution in [3.8, 4) is 6.07 Å². The van der Waals surface area contributed by atoms with Crippen LogP contribution in [-0.4, -0.2) is 18.0 Å². The van der Waals surface area contributed by atoms with Crippen LogP contribution in [0.3, 0.4) is 0 Å². The van der Waals surface area contributed by atoms with Crippen LogP contribution in [0.1, 0.15) is 91.4 Å². The highest BCUT2D eigenvalue weighted by Gasteiger charge is 2.61. The number of rotatable bonds is 3. The van der Waals surface area contributed by atoms with Crippen LogP contribution in [0.25, 0.3) is 0 Å². The molecule has 164 valence electrons. The van der Waals surface area contributed by atoms with Crippen LogP contribution >= 0.6 is 0 Å². The topological polar surface area (TPSA) is 50.1 Å². The van der Waals surface area contributed by atoms with Crippen LogP contribution in [0, 0.1) is 51.8 Å². The first-order valence-corrected chi connectivity index (χ1v) is 12.7. The van der Waals surface area contributed by atoms with Crippen molar-refractivity contribution < 1.29 is 9.53 Å². The lowest BCUT2D eigenvalue weighted by Gasteiger charge is -2.58. The highest BCUT2D eigenvalue weighted by molar-refractivity contribution is 5.87. The van der Waals surface area contributed by atoms with Gasteiger partial charge in [0.15, 0.2) is 5.78 Å². The Kier molecular flexibility index (Phi) is 5.17. The van der Waals surface area contributed by atoms with Gasteiger partial charge in [-0.3, -0.25) is 4.79 Å². The molecule has 0 amide bonds. The molecule has 1 unspecified atom stereocenters. The van der Waals surface area contributed by atoms with Crippen LogP contribution in [0.2, 0.25) is 0 Å². The molecule has 0 radical (unpaired) electrons. The molecule has 3 nitrogen and oxygen atoms in total. The fourth-order valence-electron chi connectivity index (χ4n) is 8.94. The molecule has 0 aromatic rings. The lowest BCUT2D eigenvalue weighted by Crippen LogP contribution is -2.52. The fraction of sp³-hybridized carbons (Fsp3) is 0.852. The Labute approximate surface area is 182 Å². The SMILES string of the molecule is CC[C@H]1[C@H](C#N)C[C@H]2[C@@H]3CC=C4CC(=O)C(OC5CCCC5)C[C@]4(C)[C@H]3CC[C@@]21C. The van der Waals surface area contributed by atoms with Crippen molar-refractivity contribution in [2.24, 2.45) is 40.4 Å². The van der Waals surface area contributed by atoms with Crippen molar-refractivity contribution >= 4 is 5.78 Å². The third-order valence-corrected chi connectivity index (χ3v) is 10.5. The third kappa shape index (κ3) is 2.96. The van der Waals surface area contributed by atoms with Crippen LogP contribution in [0.15, 0.2) is 11.6 Å². The number of nitriles is 1. The fourth-order valence-corrected chi connectivity index (χ4v) is 8.94. The van der Waals surface area contributed by atoms with E-state index in [1.54, 1.807) is 0 Å². The van der Waals surface area contributed by atoms with E-state index in [-0.39, 0.29) is 17.4 Å². The van der Waals surface area contributed by atoms with E-state index < -0.39 is 0 Å². The molecule has 4 fully saturated rings. The summed E-state index contributed by atoms with van der Waals surface area (Å²) in [5.74, 6) is 3.08. The van der Waals surface area contributed by atoms with Gasteiger partial charge in [-0.1, -0.05) is 51.7 Å². The summed E-state index contributed by atoms with van der Waals surface area (Å²) < 4.78 is 6.41. The molecule has 0 heterocycles. The summed E-state index contributed by atoms with van der Waals surface area (Å²) in [6.45, 7) is 7.23. The number of ketones is 1. The monoisotopic (exact) mass is 409 g/mol. The first-order chi connectivity index (χ1) is 14.4. The lowest BCUT2D eigenvalue weighted by molar-refractivity contribution is -0.144. The summed E-state index contributed by atoms with van der Waals surface area (Å²) in [5, 5.41) is 9.85. The standard InChI is InChI=1S/C27H39NO2/c1-4-21-17(16-28)13-23-20-10-9-18-14-24(29)25(30-19-7-5-6-8-19)15-27(18,3)22(20)11-12-26(21,23)2/h9,17,19-23,25H,4-8,10-15H2,1-3H3/t17-,20+,21-,22-,23-,25?,26+,27-/m0/s1. The zero-order valence-corrected chi connectivity index (χ0v) is 19.2. The molecule has 5 aliphatic rings. The minimum Gasteiger partial charge on any atom is -0.367 e. The predicted molar refractivity (Wildman–Crippen MR) is 117 cm³/mol. The van der Waals surface area contributed by atoms with Gasteiger partial charge in [-0.05, 0) is 79.4 Å². The number of hydrogen-bond donors (Lipinski definition) is 0. The van der Waals surface area contributed by atoms with Crippen LogP contribution in [0.5, 0.6) is 0 Å². The minimum atomic E-state index is -0.193. The number of carbonyl (C=O) groups is 1. The summed E-state index contributed by atoms with van der Waals surface area (Å²) in [6.07, 6.45) is 14.6. The number of carbonyl (C=O) groups excluding carboxylic acids is 1. The predicted octanol–water partition coefficient (Wildman–Crippen LogP) is 6.23. The van der Waals surface area contributed by atoms with E-state index in [2.05, 4.69) is 32.9 Å². The Morgan fingerprint density at radius 2 is 1.97 bits per heavy atom. The summed E-state index contributed by atoms with van der Waals surface area (Å²) >= 11 is 0. The largest absolute Gasteiger partial charge is 0.367 e. The molecule has 4 saturated carbocycles. The number of hydrogen-bond acceptors (Lipinski definition) is 3. The van der Waals surface area contributed by atoms with Gasteiger partial charge in [-0.15, -0.1) is 0 Å². The second-order valence-corrected chi connectivity index (χ2v) is 11.7. The summed E-state index contributed by atoms with van der Waals surface area (Å²) in [6, 6.07) is 2.68. The Hall–Kier alpha value is -1.14. The highest BCUT2D eigenvalue weighted by atomic mass is 16.5. The Morgan fingerprint density at radius 3 is 2.67 bits per heavy atom. The number of nitrogens with zero attached hydrogens (tertiary/aromatic N) is 1. The van der Waals surface area contributed by atoms with Crippen molar-refractivity contribution in [3.05, 3.63) is 11.6 Å². The molecule has 30 heavy (non-hydrogen) atoms. The van der Waals surface area contributed by atoms with Crippen molar-refractivity contribution in [1.82, 2.24) is 0 Å². The van der Waals surface area contributed by atoms with E-state index in [1.807, 2.05) is 0 Å². The first-order valence-electron chi connectivity index (χ1n) is 12.7. The van der Waals surface area contributed by atoms with Crippen LogP contribution in [0.4, 0.5) is 0 Å². The van der Waals surface area contributed by atoms with Gasteiger partial charge < -0.3 is 4.74 Å². The third-order valence-electron chi connectivity index (χ3n) is 10.5. The second-order valence-electron chi connectivity index (χ2n) is 11.7. The number of Topliss-reactive ketones (excluding diaryl/α,β-unsaturated/α-hetero) is 1.